The highest BCUT2D eigenvalue weighted by molar-refractivity contribution is 6.42. The Hall–Kier alpha value is -1.45. The van der Waals surface area contributed by atoms with Crippen LogP contribution in [0.15, 0.2) is 36.4 Å². The van der Waals surface area contributed by atoms with E-state index in [4.69, 9.17) is 23.2 Å². The van der Waals surface area contributed by atoms with Gasteiger partial charge in [-0.25, -0.2) is 4.98 Å². The Labute approximate surface area is 110 Å². The highest BCUT2D eigenvalue weighted by atomic mass is 35.5. The number of hydrogen-bond donors (Lipinski definition) is 2. The van der Waals surface area contributed by atoms with Crippen LogP contribution in [0.2, 0.25) is 10.0 Å². The summed E-state index contributed by atoms with van der Waals surface area (Å²) in [5, 5.41) is 7.18. The van der Waals surface area contributed by atoms with E-state index in [9.17, 15) is 0 Å². The standard InChI is InChI=1S/C12H11Cl2N3/c1-15-11-3-2-4-12(17-11)16-8-5-6-9(13)10(14)7-8/h2-7H,1H3,(H2,15,16,17). The van der Waals surface area contributed by atoms with Crippen LogP contribution in [0.25, 0.3) is 0 Å². The second-order valence-electron chi connectivity index (χ2n) is 3.41. The van der Waals surface area contributed by atoms with Crippen LogP contribution in [-0.4, -0.2) is 12.0 Å². The molecule has 1 aromatic carbocycles. The van der Waals surface area contributed by atoms with E-state index in [1.54, 1.807) is 12.1 Å². The molecule has 0 spiro atoms. The first-order valence-electron chi connectivity index (χ1n) is 5.06. The first-order valence-corrected chi connectivity index (χ1v) is 5.81. The van der Waals surface area contributed by atoms with Gasteiger partial charge in [0.05, 0.1) is 10.0 Å². The van der Waals surface area contributed by atoms with E-state index in [1.165, 1.54) is 0 Å². The molecule has 0 aliphatic carbocycles. The first-order chi connectivity index (χ1) is 8.19. The zero-order valence-corrected chi connectivity index (χ0v) is 10.7. The molecule has 0 bridgehead atoms. The lowest BCUT2D eigenvalue weighted by atomic mass is 10.3. The van der Waals surface area contributed by atoms with E-state index in [2.05, 4.69) is 15.6 Å². The van der Waals surface area contributed by atoms with E-state index in [0.29, 0.717) is 10.0 Å². The fraction of sp³-hybridized carbons (Fsp3) is 0.0833. The predicted molar refractivity (Wildman–Crippen MR) is 73.5 cm³/mol. The lowest BCUT2D eigenvalue weighted by molar-refractivity contribution is 1.28. The quantitative estimate of drug-likeness (QED) is 0.877. The SMILES string of the molecule is CNc1cccc(Nc2ccc(Cl)c(Cl)c2)n1. The van der Waals surface area contributed by atoms with E-state index in [-0.39, 0.29) is 0 Å². The Morgan fingerprint density at radius 2 is 1.76 bits per heavy atom. The van der Waals surface area contributed by atoms with Crippen molar-refractivity contribution in [1.29, 1.82) is 0 Å². The monoisotopic (exact) mass is 267 g/mol. The summed E-state index contributed by atoms with van der Waals surface area (Å²) in [6, 6.07) is 11.0. The average Bonchev–Trinajstić information content (AvgIpc) is 2.34. The lowest BCUT2D eigenvalue weighted by Crippen LogP contribution is -1.97. The van der Waals surface area contributed by atoms with Crippen LogP contribution in [0.4, 0.5) is 17.3 Å². The maximum atomic E-state index is 5.93. The highest BCUT2D eigenvalue weighted by Gasteiger charge is 2.01. The van der Waals surface area contributed by atoms with Crippen molar-refractivity contribution in [3.63, 3.8) is 0 Å². The summed E-state index contributed by atoms with van der Waals surface area (Å²) in [6.45, 7) is 0. The van der Waals surface area contributed by atoms with Crippen LogP contribution < -0.4 is 10.6 Å². The molecular weight excluding hydrogens is 257 g/mol. The molecule has 0 amide bonds. The minimum Gasteiger partial charge on any atom is -0.373 e. The fourth-order valence-corrected chi connectivity index (χ4v) is 1.66. The normalized spacial score (nSPS) is 10.1. The molecule has 17 heavy (non-hydrogen) atoms. The van der Waals surface area contributed by atoms with Gasteiger partial charge in [0, 0.05) is 12.7 Å². The molecule has 0 fully saturated rings. The van der Waals surface area contributed by atoms with Crippen LogP contribution in [-0.2, 0) is 0 Å². The molecule has 2 aromatic rings. The molecule has 88 valence electrons. The Kier molecular flexibility index (Phi) is 3.71. The summed E-state index contributed by atoms with van der Waals surface area (Å²) in [5.74, 6) is 1.55. The largest absolute Gasteiger partial charge is 0.373 e. The molecule has 0 aliphatic rings. The van der Waals surface area contributed by atoms with E-state index >= 15 is 0 Å². The van der Waals surface area contributed by atoms with Crippen LogP contribution in [0.1, 0.15) is 0 Å². The fourth-order valence-electron chi connectivity index (χ4n) is 1.37. The lowest BCUT2D eigenvalue weighted by Gasteiger charge is -2.08. The summed E-state index contributed by atoms with van der Waals surface area (Å²) in [7, 11) is 1.82. The summed E-state index contributed by atoms with van der Waals surface area (Å²) in [4.78, 5) is 4.34. The Bertz CT molecular complexity index is 529. The summed E-state index contributed by atoms with van der Waals surface area (Å²) in [5.41, 5.74) is 0.847. The number of halogens is 2. The number of anilines is 3. The van der Waals surface area contributed by atoms with Gasteiger partial charge in [-0.15, -0.1) is 0 Å². The summed E-state index contributed by atoms with van der Waals surface area (Å²) in [6.07, 6.45) is 0. The molecule has 0 saturated carbocycles. The molecule has 1 heterocycles. The average molecular weight is 268 g/mol. The number of pyridine rings is 1. The molecule has 3 nitrogen and oxygen atoms in total. The van der Waals surface area contributed by atoms with Crippen molar-refractivity contribution in [3.8, 4) is 0 Å². The van der Waals surface area contributed by atoms with Crippen molar-refractivity contribution in [2.24, 2.45) is 0 Å². The van der Waals surface area contributed by atoms with Gasteiger partial charge in [-0.1, -0.05) is 29.3 Å². The van der Waals surface area contributed by atoms with Crippen LogP contribution in [0, 0.1) is 0 Å². The van der Waals surface area contributed by atoms with Gasteiger partial charge in [0.1, 0.15) is 11.6 Å². The van der Waals surface area contributed by atoms with E-state index in [0.717, 1.165) is 17.3 Å². The molecule has 2 rings (SSSR count). The maximum absolute atomic E-state index is 5.93. The van der Waals surface area contributed by atoms with Crippen LogP contribution in [0.5, 0.6) is 0 Å². The van der Waals surface area contributed by atoms with Crippen molar-refractivity contribution in [1.82, 2.24) is 4.98 Å². The number of nitrogens with zero attached hydrogens (tertiary/aromatic N) is 1. The molecule has 0 unspecified atom stereocenters. The van der Waals surface area contributed by atoms with Crippen molar-refractivity contribution in [2.45, 2.75) is 0 Å². The smallest absolute Gasteiger partial charge is 0.132 e. The van der Waals surface area contributed by atoms with Gasteiger partial charge >= 0.3 is 0 Å². The van der Waals surface area contributed by atoms with E-state index in [1.807, 2.05) is 31.3 Å². The molecule has 1 aromatic heterocycles. The number of hydrogen-bond acceptors (Lipinski definition) is 3. The zero-order chi connectivity index (χ0) is 12.3. The zero-order valence-electron chi connectivity index (χ0n) is 9.17. The van der Waals surface area contributed by atoms with Crippen molar-refractivity contribution in [2.75, 3.05) is 17.7 Å². The van der Waals surface area contributed by atoms with Gasteiger partial charge in [-0.2, -0.15) is 0 Å². The third-order valence-corrected chi connectivity index (χ3v) is 2.94. The number of benzene rings is 1. The molecule has 0 saturated heterocycles. The minimum atomic E-state index is 0.515. The topological polar surface area (TPSA) is 37.0 Å². The Morgan fingerprint density at radius 1 is 1.00 bits per heavy atom. The van der Waals surface area contributed by atoms with Gasteiger partial charge in [-0.3, -0.25) is 0 Å². The summed E-state index contributed by atoms with van der Waals surface area (Å²) >= 11 is 11.8. The van der Waals surface area contributed by atoms with Crippen molar-refractivity contribution in [3.05, 3.63) is 46.4 Å². The molecule has 5 heteroatoms. The van der Waals surface area contributed by atoms with E-state index < -0.39 is 0 Å². The summed E-state index contributed by atoms with van der Waals surface area (Å²) < 4.78 is 0. The number of rotatable bonds is 3. The Morgan fingerprint density at radius 3 is 2.47 bits per heavy atom. The highest BCUT2D eigenvalue weighted by Crippen LogP contribution is 2.26. The third-order valence-electron chi connectivity index (χ3n) is 2.20. The van der Waals surface area contributed by atoms with Gasteiger partial charge < -0.3 is 10.6 Å². The maximum Gasteiger partial charge on any atom is 0.132 e. The Balaban J connectivity index is 2.22. The number of nitrogens with one attached hydrogen (secondary N) is 2. The second-order valence-corrected chi connectivity index (χ2v) is 4.23. The van der Waals surface area contributed by atoms with Crippen LogP contribution in [0.3, 0.4) is 0 Å². The van der Waals surface area contributed by atoms with Gasteiger partial charge in [0.15, 0.2) is 0 Å². The van der Waals surface area contributed by atoms with Crippen molar-refractivity contribution < 1.29 is 0 Å². The molecule has 2 N–H and O–H groups in total. The van der Waals surface area contributed by atoms with Gasteiger partial charge in [0.25, 0.3) is 0 Å². The first kappa shape index (κ1) is 12.0. The predicted octanol–water partition coefficient (Wildman–Crippen LogP) is 4.17. The second kappa shape index (κ2) is 5.25. The third kappa shape index (κ3) is 3.02. The minimum absolute atomic E-state index is 0.515. The van der Waals surface area contributed by atoms with Gasteiger partial charge in [0.2, 0.25) is 0 Å². The number of aromatic nitrogens is 1. The molecule has 0 radical (unpaired) electrons. The van der Waals surface area contributed by atoms with Crippen LogP contribution >= 0.6 is 23.2 Å². The molecule has 0 aliphatic heterocycles. The molecule has 0 atom stereocenters. The molecular formula is C12H11Cl2N3. The van der Waals surface area contributed by atoms with Crippen molar-refractivity contribution >= 4 is 40.5 Å². The van der Waals surface area contributed by atoms with Gasteiger partial charge in [-0.05, 0) is 30.3 Å².